The van der Waals surface area contributed by atoms with Crippen molar-refractivity contribution in [2.24, 2.45) is 0 Å². The van der Waals surface area contributed by atoms with Crippen molar-refractivity contribution in [2.75, 3.05) is 7.11 Å². The molecule has 0 aliphatic carbocycles. The van der Waals surface area contributed by atoms with Crippen LogP contribution in [-0.4, -0.2) is 26.7 Å². The Morgan fingerprint density at radius 1 is 1.22 bits per heavy atom. The fourth-order valence-corrected chi connectivity index (χ4v) is 3.38. The van der Waals surface area contributed by atoms with E-state index >= 15 is 0 Å². The standard InChI is InChI=1S/C15H16N4O2S2/c1-9(2)13-16-15(23-19-13)22-14-18-17-12(21-14)8-10-4-6-11(20-3)7-5-10/h4-7,9H,8H2,1-3H3. The molecule has 0 radical (unpaired) electrons. The maximum Gasteiger partial charge on any atom is 0.283 e. The van der Waals surface area contributed by atoms with Gasteiger partial charge in [0.05, 0.1) is 13.5 Å². The first-order valence-electron chi connectivity index (χ1n) is 7.11. The van der Waals surface area contributed by atoms with E-state index in [-0.39, 0.29) is 0 Å². The highest BCUT2D eigenvalue weighted by molar-refractivity contribution is 8.00. The SMILES string of the molecule is COc1ccc(Cc2nnc(Sc3nc(C(C)C)ns3)o2)cc1. The van der Waals surface area contributed by atoms with Crippen LogP contribution in [0.4, 0.5) is 0 Å². The van der Waals surface area contributed by atoms with E-state index in [9.17, 15) is 0 Å². The molecular weight excluding hydrogens is 332 g/mol. The predicted molar refractivity (Wildman–Crippen MR) is 88.2 cm³/mol. The number of benzene rings is 1. The molecule has 120 valence electrons. The van der Waals surface area contributed by atoms with Gasteiger partial charge >= 0.3 is 0 Å². The molecule has 0 amide bonds. The van der Waals surface area contributed by atoms with Gasteiger partial charge in [0, 0.05) is 17.7 Å². The second-order valence-corrected chi connectivity index (χ2v) is 7.11. The summed E-state index contributed by atoms with van der Waals surface area (Å²) in [4.78, 5) is 4.45. The summed E-state index contributed by atoms with van der Waals surface area (Å²) < 4.78 is 15.9. The van der Waals surface area contributed by atoms with Gasteiger partial charge in [-0.1, -0.05) is 26.0 Å². The molecule has 0 bridgehead atoms. The van der Waals surface area contributed by atoms with Gasteiger partial charge in [0.2, 0.25) is 5.89 Å². The highest BCUT2D eigenvalue weighted by Gasteiger charge is 2.13. The number of aromatic nitrogens is 4. The zero-order chi connectivity index (χ0) is 16.2. The topological polar surface area (TPSA) is 73.9 Å². The van der Waals surface area contributed by atoms with Crippen LogP contribution in [0.25, 0.3) is 0 Å². The summed E-state index contributed by atoms with van der Waals surface area (Å²) in [6, 6.07) is 7.79. The Labute approximate surface area is 142 Å². The Morgan fingerprint density at radius 3 is 2.65 bits per heavy atom. The van der Waals surface area contributed by atoms with Crippen molar-refractivity contribution in [2.45, 2.75) is 35.7 Å². The van der Waals surface area contributed by atoms with Gasteiger partial charge in [0.1, 0.15) is 11.6 Å². The van der Waals surface area contributed by atoms with Crippen molar-refractivity contribution >= 4 is 23.3 Å². The van der Waals surface area contributed by atoms with E-state index in [1.54, 1.807) is 7.11 Å². The van der Waals surface area contributed by atoms with E-state index in [4.69, 9.17) is 9.15 Å². The molecule has 1 aromatic carbocycles. The van der Waals surface area contributed by atoms with E-state index in [1.807, 2.05) is 24.3 Å². The van der Waals surface area contributed by atoms with Crippen molar-refractivity contribution in [3.05, 3.63) is 41.5 Å². The zero-order valence-corrected chi connectivity index (χ0v) is 14.6. The molecule has 2 aromatic heterocycles. The Balaban J connectivity index is 1.64. The summed E-state index contributed by atoms with van der Waals surface area (Å²) in [7, 11) is 1.65. The van der Waals surface area contributed by atoms with Crippen LogP contribution in [-0.2, 0) is 6.42 Å². The lowest BCUT2D eigenvalue weighted by molar-refractivity contribution is 0.413. The fraction of sp³-hybridized carbons (Fsp3) is 0.333. The molecule has 3 rings (SSSR count). The van der Waals surface area contributed by atoms with Gasteiger partial charge < -0.3 is 9.15 Å². The Bertz CT molecular complexity index is 768. The van der Waals surface area contributed by atoms with Crippen LogP contribution in [0.3, 0.4) is 0 Å². The molecule has 3 aromatic rings. The molecule has 0 saturated heterocycles. The summed E-state index contributed by atoms with van der Waals surface area (Å²) in [6.07, 6.45) is 0.588. The maximum absolute atomic E-state index is 5.67. The van der Waals surface area contributed by atoms with Gasteiger partial charge in [-0.05, 0) is 29.2 Å². The van der Waals surface area contributed by atoms with E-state index in [0.29, 0.717) is 23.5 Å². The molecule has 0 aliphatic rings. The average Bonchev–Trinajstić information content (AvgIpc) is 3.18. The summed E-state index contributed by atoms with van der Waals surface area (Å²) >= 11 is 2.70. The molecule has 0 saturated carbocycles. The fourth-order valence-electron chi connectivity index (χ4n) is 1.84. The average molecular weight is 348 g/mol. The minimum Gasteiger partial charge on any atom is -0.497 e. The number of hydrogen-bond donors (Lipinski definition) is 0. The number of nitrogens with zero attached hydrogens (tertiary/aromatic N) is 4. The van der Waals surface area contributed by atoms with Gasteiger partial charge in [-0.3, -0.25) is 0 Å². The molecule has 23 heavy (non-hydrogen) atoms. The Kier molecular flexibility index (Phi) is 4.92. The van der Waals surface area contributed by atoms with Crippen LogP contribution in [0.2, 0.25) is 0 Å². The summed E-state index contributed by atoms with van der Waals surface area (Å²) in [5, 5.41) is 8.62. The minimum atomic E-state index is 0.314. The first-order valence-corrected chi connectivity index (χ1v) is 8.70. The number of rotatable bonds is 6. The third-order valence-corrected chi connectivity index (χ3v) is 4.68. The maximum atomic E-state index is 5.67. The van der Waals surface area contributed by atoms with E-state index in [0.717, 1.165) is 21.5 Å². The zero-order valence-electron chi connectivity index (χ0n) is 13.0. The van der Waals surface area contributed by atoms with Crippen molar-refractivity contribution in [3.63, 3.8) is 0 Å². The monoisotopic (exact) mass is 348 g/mol. The van der Waals surface area contributed by atoms with Crippen LogP contribution in [0.1, 0.15) is 37.0 Å². The van der Waals surface area contributed by atoms with E-state index < -0.39 is 0 Å². The molecule has 2 heterocycles. The highest BCUT2D eigenvalue weighted by atomic mass is 32.2. The highest BCUT2D eigenvalue weighted by Crippen LogP contribution is 2.29. The number of hydrogen-bond acceptors (Lipinski definition) is 8. The van der Waals surface area contributed by atoms with Crippen LogP contribution in [0.15, 0.2) is 38.2 Å². The molecule has 0 atom stereocenters. The van der Waals surface area contributed by atoms with E-state index in [1.165, 1.54) is 23.3 Å². The number of methoxy groups -OCH3 is 1. The van der Waals surface area contributed by atoms with Crippen molar-refractivity contribution in [3.8, 4) is 5.75 Å². The van der Waals surface area contributed by atoms with Gasteiger partial charge in [-0.15, -0.1) is 10.2 Å². The first kappa shape index (κ1) is 15.9. The first-order chi connectivity index (χ1) is 11.1. The van der Waals surface area contributed by atoms with Crippen molar-refractivity contribution < 1.29 is 9.15 Å². The molecule has 8 heteroatoms. The Hall–Kier alpha value is -1.93. The molecule has 6 nitrogen and oxygen atoms in total. The Morgan fingerprint density at radius 2 is 2.00 bits per heavy atom. The minimum absolute atomic E-state index is 0.314. The molecule has 0 unspecified atom stereocenters. The van der Waals surface area contributed by atoms with Crippen LogP contribution in [0.5, 0.6) is 5.75 Å². The van der Waals surface area contributed by atoms with E-state index in [2.05, 4.69) is 33.4 Å². The van der Waals surface area contributed by atoms with Gasteiger partial charge in [-0.2, -0.15) is 4.37 Å². The van der Waals surface area contributed by atoms with Crippen LogP contribution in [0, 0.1) is 0 Å². The third-order valence-electron chi connectivity index (χ3n) is 3.08. The predicted octanol–water partition coefficient (Wildman–Crippen LogP) is 3.80. The van der Waals surface area contributed by atoms with Crippen molar-refractivity contribution in [1.29, 1.82) is 0 Å². The molecule has 0 fully saturated rings. The van der Waals surface area contributed by atoms with Gasteiger partial charge in [0.15, 0.2) is 4.34 Å². The molecule has 0 N–H and O–H groups in total. The van der Waals surface area contributed by atoms with Crippen LogP contribution >= 0.6 is 23.3 Å². The normalized spacial score (nSPS) is 11.1. The molecular formula is C15H16N4O2S2. The summed E-state index contributed by atoms with van der Waals surface area (Å²) in [5.41, 5.74) is 1.09. The van der Waals surface area contributed by atoms with Crippen LogP contribution < -0.4 is 4.74 Å². The lowest BCUT2D eigenvalue weighted by Gasteiger charge is -2.00. The van der Waals surface area contributed by atoms with Gasteiger partial charge in [-0.25, -0.2) is 4.98 Å². The smallest absolute Gasteiger partial charge is 0.283 e. The third kappa shape index (κ3) is 4.08. The second-order valence-electron chi connectivity index (χ2n) is 5.16. The molecule has 0 spiro atoms. The summed E-state index contributed by atoms with van der Waals surface area (Å²) in [6.45, 7) is 4.13. The summed E-state index contributed by atoms with van der Waals surface area (Å²) in [5.74, 6) is 2.56. The van der Waals surface area contributed by atoms with Gasteiger partial charge in [0.25, 0.3) is 5.22 Å². The number of ether oxygens (including phenoxy) is 1. The lowest BCUT2D eigenvalue weighted by Crippen LogP contribution is -1.89. The molecule has 0 aliphatic heterocycles. The quantitative estimate of drug-likeness (QED) is 0.671. The lowest BCUT2D eigenvalue weighted by atomic mass is 10.1. The second kappa shape index (κ2) is 7.10. The van der Waals surface area contributed by atoms with Crippen molar-refractivity contribution in [1.82, 2.24) is 19.6 Å². The largest absolute Gasteiger partial charge is 0.497 e.